The summed E-state index contributed by atoms with van der Waals surface area (Å²) in [5.74, 6) is 0.567. The van der Waals surface area contributed by atoms with Gasteiger partial charge in [0, 0.05) is 91.3 Å². The van der Waals surface area contributed by atoms with Crippen LogP contribution in [0.2, 0.25) is 10.0 Å². The van der Waals surface area contributed by atoms with Crippen LogP contribution in [0.4, 0.5) is 0 Å². The van der Waals surface area contributed by atoms with Gasteiger partial charge in [0.05, 0.1) is 34.6 Å². The number of ether oxygens (including phenoxy) is 1. The Morgan fingerprint density at radius 3 is 2.62 bits per heavy atom. The first-order valence-corrected chi connectivity index (χ1v) is 16.8. The number of aliphatic hydroxyl groups excluding tert-OH is 1. The number of rotatable bonds is 13. The molecule has 6 rings (SSSR count). The molecule has 1 fully saturated rings. The van der Waals surface area contributed by atoms with E-state index in [0.717, 1.165) is 39.8 Å². The highest BCUT2D eigenvalue weighted by Crippen LogP contribution is 2.42. The molecule has 0 radical (unpaired) electrons. The van der Waals surface area contributed by atoms with Gasteiger partial charge in [0.1, 0.15) is 0 Å². The molecule has 2 amide bonds. The van der Waals surface area contributed by atoms with E-state index < -0.39 is 6.10 Å². The minimum atomic E-state index is -0.458. The summed E-state index contributed by atoms with van der Waals surface area (Å²) < 4.78 is 5.57. The maximum Gasteiger partial charge on any atom is 0.254 e. The molecule has 0 aliphatic carbocycles. The molecule has 0 bridgehead atoms. The quantitative estimate of drug-likeness (QED) is 0.143. The number of amides is 2. The number of fused-ring (bicyclic) bond motifs is 1. The van der Waals surface area contributed by atoms with Gasteiger partial charge in [0.15, 0.2) is 0 Å². The van der Waals surface area contributed by atoms with Crippen molar-refractivity contribution in [2.75, 3.05) is 33.3 Å². The fourth-order valence-corrected chi connectivity index (χ4v) is 6.81. The summed E-state index contributed by atoms with van der Waals surface area (Å²) >= 11 is 14.1. The topological polar surface area (TPSA) is 129 Å². The monoisotopic (exact) mass is 688 g/mol. The van der Waals surface area contributed by atoms with E-state index in [0.29, 0.717) is 78.6 Å². The number of benzene rings is 2. The molecule has 2 atom stereocenters. The number of hydrogen-bond donors (Lipinski definition) is 4. The first-order valence-electron chi connectivity index (χ1n) is 16.0. The van der Waals surface area contributed by atoms with E-state index in [4.69, 9.17) is 32.9 Å². The lowest BCUT2D eigenvalue weighted by atomic mass is 9.98. The van der Waals surface area contributed by atoms with Crippen LogP contribution in [0.1, 0.15) is 41.3 Å². The number of nitrogens with one attached hydrogen (secondary N) is 3. The first kappa shape index (κ1) is 33.8. The number of nitrogens with zero attached hydrogens (tertiary/aromatic N) is 3. The molecule has 0 spiro atoms. The van der Waals surface area contributed by atoms with Gasteiger partial charge >= 0.3 is 0 Å². The van der Waals surface area contributed by atoms with Gasteiger partial charge in [-0.2, -0.15) is 0 Å². The van der Waals surface area contributed by atoms with Crippen molar-refractivity contribution in [2.24, 2.45) is 0 Å². The van der Waals surface area contributed by atoms with E-state index >= 15 is 0 Å². The zero-order valence-corrected chi connectivity index (χ0v) is 28.4. The van der Waals surface area contributed by atoms with Crippen molar-refractivity contribution < 1.29 is 19.4 Å². The number of carbonyl (C=O) groups is 2. The lowest BCUT2D eigenvalue weighted by Gasteiger charge is -2.17. The van der Waals surface area contributed by atoms with Crippen molar-refractivity contribution in [1.29, 1.82) is 0 Å². The van der Waals surface area contributed by atoms with Crippen LogP contribution in [0.25, 0.3) is 33.6 Å². The molecule has 4 aromatic rings. The Morgan fingerprint density at radius 1 is 1.04 bits per heavy atom. The van der Waals surface area contributed by atoms with Gasteiger partial charge in [0.25, 0.3) is 5.91 Å². The molecule has 4 heterocycles. The summed E-state index contributed by atoms with van der Waals surface area (Å²) in [6.07, 6.45) is 2.66. The van der Waals surface area contributed by atoms with Crippen molar-refractivity contribution in [2.45, 2.75) is 45.0 Å². The fourth-order valence-electron chi connectivity index (χ4n) is 6.17. The molecule has 0 unspecified atom stereocenters. The highest BCUT2D eigenvalue weighted by atomic mass is 35.5. The minimum Gasteiger partial charge on any atom is -0.481 e. The van der Waals surface area contributed by atoms with Gasteiger partial charge in [-0.05, 0) is 43.2 Å². The molecule has 4 N–H and O–H groups in total. The molecule has 2 aliphatic rings. The van der Waals surface area contributed by atoms with E-state index in [2.05, 4.69) is 20.9 Å². The summed E-state index contributed by atoms with van der Waals surface area (Å²) in [5, 5.41) is 20.0. The summed E-state index contributed by atoms with van der Waals surface area (Å²) in [5.41, 5.74) is 6.71. The van der Waals surface area contributed by atoms with Crippen molar-refractivity contribution >= 4 is 35.0 Å². The number of aromatic nitrogens is 2. The Labute approximate surface area is 289 Å². The Morgan fingerprint density at radius 2 is 1.85 bits per heavy atom. The zero-order chi connectivity index (χ0) is 33.8. The van der Waals surface area contributed by atoms with Crippen molar-refractivity contribution in [1.82, 2.24) is 30.8 Å². The van der Waals surface area contributed by atoms with Crippen LogP contribution < -0.4 is 20.7 Å². The Balaban J connectivity index is 1.19. The van der Waals surface area contributed by atoms with Gasteiger partial charge < -0.3 is 30.7 Å². The third-order valence-corrected chi connectivity index (χ3v) is 9.42. The first-order chi connectivity index (χ1) is 23.2. The molecule has 2 aromatic heterocycles. The van der Waals surface area contributed by atoms with Crippen LogP contribution in [0.3, 0.4) is 0 Å². The number of methoxy groups -OCH3 is 1. The largest absolute Gasteiger partial charge is 0.481 e. The van der Waals surface area contributed by atoms with Gasteiger partial charge in [-0.3, -0.25) is 14.6 Å². The lowest BCUT2D eigenvalue weighted by molar-refractivity contribution is -0.119. The number of halogens is 2. The van der Waals surface area contributed by atoms with Crippen LogP contribution in [-0.2, 0) is 17.9 Å². The molecule has 12 heteroatoms. The van der Waals surface area contributed by atoms with Crippen molar-refractivity contribution in [3.63, 3.8) is 0 Å². The SMILES string of the molecule is COc1nc(-c2cccc(-c3ccnc(-c4ccc5c(c4)CN(CCNC[C@@H]4CCC(=O)N4)C5=O)c3Cl)c2Cl)ccc1CNC[C@H](C)O. The summed E-state index contributed by atoms with van der Waals surface area (Å²) in [6, 6.07) is 17.3. The van der Waals surface area contributed by atoms with Gasteiger partial charge in [-0.15, -0.1) is 0 Å². The van der Waals surface area contributed by atoms with E-state index in [1.54, 1.807) is 20.2 Å². The standard InChI is InChI=1S/C36H38Cl2N6O4/c1-21(45)17-40-18-23-7-10-30(43-35(23)48-2)29-5-3-4-27(32(29)37)28-12-13-41-34(33(28)38)22-6-9-26-24(16-22)20-44(36(26)47)15-14-39-19-25-8-11-31(46)42-25/h3-7,9-10,12-13,16,21,25,39-40,45H,8,11,14-15,17-20H2,1-2H3,(H,42,46)/t21-,25-/m0/s1. The van der Waals surface area contributed by atoms with Gasteiger partial charge in [0.2, 0.25) is 11.8 Å². The molecular weight excluding hydrogens is 651 g/mol. The number of hydrogen-bond acceptors (Lipinski definition) is 8. The van der Waals surface area contributed by atoms with Crippen LogP contribution in [-0.4, -0.2) is 77.2 Å². The molecular formula is C36H38Cl2N6O4. The Bertz CT molecular complexity index is 1830. The summed E-state index contributed by atoms with van der Waals surface area (Å²) in [6.45, 7) is 5.08. The van der Waals surface area contributed by atoms with Gasteiger partial charge in [-0.25, -0.2) is 4.98 Å². The third-order valence-electron chi connectivity index (χ3n) is 8.63. The second-order valence-electron chi connectivity index (χ2n) is 12.1. The zero-order valence-electron chi connectivity index (χ0n) is 26.9. The van der Waals surface area contributed by atoms with E-state index in [1.807, 2.05) is 59.5 Å². The van der Waals surface area contributed by atoms with E-state index in [-0.39, 0.29) is 17.9 Å². The molecule has 0 saturated carbocycles. The highest BCUT2D eigenvalue weighted by Gasteiger charge is 2.28. The molecule has 48 heavy (non-hydrogen) atoms. The second-order valence-corrected chi connectivity index (χ2v) is 12.9. The average Bonchev–Trinajstić information content (AvgIpc) is 3.64. The maximum absolute atomic E-state index is 13.1. The third kappa shape index (κ3) is 7.33. The lowest BCUT2D eigenvalue weighted by Crippen LogP contribution is -2.39. The number of carbonyl (C=O) groups excluding carboxylic acids is 2. The predicted molar refractivity (Wildman–Crippen MR) is 187 cm³/mol. The number of pyridine rings is 2. The number of aliphatic hydroxyl groups is 1. The molecule has 2 aromatic carbocycles. The van der Waals surface area contributed by atoms with Gasteiger partial charge in [-0.1, -0.05) is 53.5 Å². The molecule has 2 aliphatic heterocycles. The highest BCUT2D eigenvalue weighted by molar-refractivity contribution is 6.39. The van der Waals surface area contributed by atoms with Crippen molar-refractivity contribution in [3.8, 4) is 39.5 Å². The maximum atomic E-state index is 13.1. The Kier molecular flexibility index (Phi) is 10.6. The fraction of sp³-hybridized carbons (Fsp3) is 0.333. The van der Waals surface area contributed by atoms with E-state index in [9.17, 15) is 14.7 Å². The predicted octanol–water partition coefficient (Wildman–Crippen LogP) is 5.09. The normalized spacial score (nSPS) is 16.3. The smallest absolute Gasteiger partial charge is 0.254 e. The van der Waals surface area contributed by atoms with Crippen LogP contribution in [0.15, 0.2) is 60.8 Å². The second kappa shape index (κ2) is 15.0. The summed E-state index contributed by atoms with van der Waals surface area (Å²) in [4.78, 5) is 35.7. The average molecular weight is 690 g/mol. The minimum absolute atomic E-state index is 0.00165. The van der Waals surface area contributed by atoms with E-state index in [1.165, 1.54) is 0 Å². The van der Waals surface area contributed by atoms with Crippen LogP contribution in [0.5, 0.6) is 5.88 Å². The van der Waals surface area contributed by atoms with Crippen LogP contribution >= 0.6 is 23.2 Å². The van der Waals surface area contributed by atoms with Crippen molar-refractivity contribution in [3.05, 3.63) is 87.5 Å². The Hall–Kier alpha value is -4.06. The summed E-state index contributed by atoms with van der Waals surface area (Å²) in [7, 11) is 1.57. The van der Waals surface area contributed by atoms with Crippen LogP contribution in [0, 0.1) is 0 Å². The molecule has 250 valence electrons. The molecule has 1 saturated heterocycles. The molecule has 10 nitrogen and oxygen atoms in total.